The van der Waals surface area contributed by atoms with Gasteiger partial charge in [-0.1, -0.05) is 19.8 Å². The zero-order chi connectivity index (χ0) is 14.5. The number of carboxylic acids is 1. The molecule has 1 aliphatic carbocycles. The van der Waals surface area contributed by atoms with Gasteiger partial charge in [-0.15, -0.1) is 0 Å². The van der Waals surface area contributed by atoms with E-state index in [-0.39, 0.29) is 12.6 Å². The summed E-state index contributed by atoms with van der Waals surface area (Å²) >= 11 is 0. The van der Waals surface area contributed by atoms with Gasteiger partial charge in [0, 0.05) is 18.8 Å². The van der Waals surface area contributed by atoms with Crippen LogP contribution in [0.15, 0.2) is 12.3 Å². The maximum absolute atomic E-state index is 11.0. The van der Waals surface area contributed by atoms with Gasteiger partial charge in [0.05, 0.1) is 18.3 Å². The van der Waals surface area contributed by atoms with E-state index >= 15 is 0 Å². The number of aliphatic carboxylic acids is 1. The zero-order valence-electron chi connectivity index (χ0n) is 12.5. The summed E-state index contributed by atoms with van der Waals surface area (Å²) in [5.74, 6) is -0.777. The van der Waals surface area contributed by atoms with Crippen LogP contribution in [0.25, 0.3) is 0 Å². The standard InChI is InChI=1S/C15H25N3O2/c1-3-12(2)17(11-15(19)20)10-13-8-9-18(16-13)14-6-4-5-7-14/h8-9,12,14H,3-7,10-11H2,1-2H3,(H,19,20). The molecule has 1 fully saturated rings. The van der Waals surface area contributed by atoms with Crippen LogP contribution in [-0.2, 0) is 11.3 Å². The Labute approximate surface area is 120 Å². The maximum atomic E-state index is 11.0. The normalized spacial score (nSPS) is 17.8. The van der Waals surface area contributed by atoms with Crippen molar-refractivity contribution in [3.63, 3.8) is 0 Å². The molecule has 1 heterocycles. The molecule has 1 aliphatic rings. The van der Waals surface area contributed by atoms with Crippen molar-refractivity contribution < 1.29 is 9.90 Å². The van der Waals surface area contributed by atoms with E-state index in [0.717, 1.165) is 12.1 Å². The Balaban J connectivity index is 2.00. The highest BCUT2D eigenvalue weighted by molar-refractivity contribution is 5.69. The first kappa shape index (κ1) is 15.0. The topological polar surface area (TPSA) is 58.4 Å². The quantitative estimate of drug-likeness (QED) is 0.833. The van der Waals surface area contributed by atoms with Crippen molar-refractivity contribution in [1.82, 2.24) is 14.7 Å². The van der Waals surface area contributed by atoms with Crippen LogP contribution < -0.4 is 0 Å². The van der Waals surface area contributed by atoms with E-state index in [1.165, 1.54) is 25.7 Å². The Morgan fingerprint density at radius 2 is 2.25 bits per heavy atom. The van der Waals surface area contributed by atoms with Crippen LogP contribution in [0.2, 0.25) is 0 Å². The number of aromatic nitrogens is 2. The van der Waals surface area contributed by atoms with Gasteiger partial charge < -0.3 is 5.11 Å². The molecule has 0 amide bonds. The molecule has 0 aromatic carbocycles. The summed E-state index contributed by atoms with van der Waals surface area (Å²) in [6.45, 7) is 4.83. The Bertz CT molecular complexity index is 438. The minimum Gasteiger partial charge on any atom is -0.480 e. The number of carboxylic acid groups (broad SMARTS) is 1. The van der Waals surface area contributed by atoms with E-state index in [0.29, 0.717) is 12.6 Å². The number of rotatable bonds is 7. The van der Waals surface area contributed by atoms with Crippen molar-refractivity contribution in [2.24, 2.45) is 0 Å². The van der Waals surface area contributed by atoms with Gasteiger partial charge in [-0.2, -0.15) is 5.10 Å². The van der Waals surface area contributed by atoms with Gasteiger partial charge in [-0.25, -0.2) is 0 Å². The van der Waals surface area contributed by atoms with Crippen molar-refractivity contribution in [1.29, 1.82) is 0 Å². The van der Waals surface area contributed by atoms with E-state index in [1.807, 2.05) is 17.2 Å². The second-order valence-corrected chi connectivity index (χ2v) is 5.78. The second-order valence-electron chi connectivity index (χ2n) is 5.78. The smallest absolute Gasteiger partial charge is 0.317 e. The summed E-state index contributed by atoms with van der Waals surface area (Å²) in [5, 5.41) is 13.7. The summed E-state index contributed by atoms with van der Waals surface area (Å²) in [7, 11) is 0. The highest BCUT2D eigenvalue weighted by atomic mass is 16.4. The molecule has 0 aliphatic heterocycles. The van der Waals surface area contributed by atoms with Crippen LogP contribution in [-0.4, -0.2) is 38.3 Å². The molecule has 112 valence electrons. The molecule has 1 N–H and O–H groups in total. The minimum absolute atomic E-state index is 0.0747. The molecule has 1 aromatic heterocycles. The molecular weight excluding hydrogens is 254 g/mol. The lowest BCUT2D eigenvalue weighted by molar-refractivity contribution is -0.139. The lowest BCUT2D eigenvalue weighted by atomic mass is 10.2. The number of nitrogens with zero attached hydrogens (tertiary/aromatic N) is 3. The molecule has 5 nitrogen and oxygen atoms in total. The molecule has 2 rings (SSSR count). The molecule has 1 aromatic rings. The monoisotopic (exact) mass is 279 g/mol. The predicted molar refractivity (Wildman–Crippen MR) is 77.5 cm³/mol. The molecule has 20 heavy (non-hydrogen) atoms. The van der Waals surface area contributed by atoms with E-state index in [4.69, 9.17) is 5.11 Å². The SMILES string of the molecule is CCC(C)N(CC(=O)O)Cc1ccn(C2CCCC2)n1. The first-order valence-electron chi connectivity index (χ1n) is 7.60. The van der Waals surface area contributed by atoms with E-state index in [2.05, 4.69) is 23.6 Å². The Morgan fingerprint density at radius 1 is 1.55 bits per heavy atom. The fraction of sp³-hybridized carbons (Fsp3) is 0.733. The fourth-order valence-electron chi connectivity index (χ4n) is 2.84. The van der Waals surface area contributed by atoms with Gasteiger partial charge >= 0.3 is 5.97 Å². The van der Waals surface area contributed by atoms with Crippen molar-refractivity contribution >= 4 is 5.97 Å². The zero-order valence-corrected chi connectivity index (χ0v) is 12.5. The molecule has 0 saturated heterocycles. The Kier molecular flexibility index (Phi) is 5.17. The largest absolute Gasteiger partial charge is 0.480 e. The highest BCUT2D eigenvalue weighted by Crippen LogP contribution is 2.28. The summed E-state index contributed by atoms with van der Waals surface area (Å²) in [6, 6.07) is 2.82. The molecule has 0 spiro atoms. The molecule has 1 atom stereocenters. The van der Waals surface area contributed by atoms with Gasteiger partial charge in [0.15, 0.2) is 0 Å². The van der Waals surface area contributed by atoms with Crippen LogP contribution in [0.5, 0.6) is 0 Å². The average molecular weight is 279 g/mol. The number of hydrogen-bond donors (Lipinski definition) is 1. The Morgan fingerprint density at radius 3 is 2.85 bits per heavy atom. The molecule has 1 saturated carbocycles. The molecule has 0 bridgehead atoms. The minimum atomic E-state index is -0.777. The van der Waals surface area contributed by atoms with Gasteiger partial charge in [0.1, 0.15) is 0 Å². The fourth-order valence-corrected chi connectivity index (χ4v) is 2.84. The summed E-state index contributed by atoms with van der Waals surface area (Å²) in [4.78, 5) is 12.9. The predicted octanol–water partition coefficient (Wildman–Crippen LogP) is 2.68. The summed E-state index contributed by atoms with van der Waals surface area (Å²) in [6.07, 6.45) is 7.99. The Hall–Kier alpha value is -1.36. The average Bonchev–Trinajstić information content (AvgIpc) is 3.06. The highest BCUT2D eigenvalue weighted by Gasteiger charge is 2.20. The molecule has 1 unspecified atom stereocenters. The summed E-state index contributed by atoms with van der Waals surface area (Å²) < 4.78 is 2.07. The third kappa shape index (κ3) is 3.82. The van der Waals surface area contributed by atoms with Gasteiger partial charge in [0.25, 0.3) is 0 Å². The van der Waals surface area contributed by atoms with Crippen molar-refractivity contribution in [2.45, 2.75) is 64.6 Å². The van der Waals surface area contributed by atoms with Gasteiger partial charge in [-0.3, -0.25) is 14.4 Å². The third-order valence-corrected chi connectivity index (χ3v) is 4.28. The van der Waals surface area contributed by atoms with Crippen molar-refractivity contribution in [3.05, 3.63) is 18.0 Å². The van der Waals surface area contributed by atoms with Crippen LogP contribution in [0.3, 0.4) is 0 Å². The lowest BCUT2D eigenvalue weighted by Crippen LogP contribution is -2.36. The van der Waals surface area contributed by atoms with Crippen molar-refractivity contribution in [2.75, 3.05) is 6.54 Å². The van der Waals surface area contributed by atoms with Crippen LogP contribution in [0.4, 0.5) is 0 Å². The van der Waals surface area contributed by atoms with Crippen LogP contribution >= 0.6 is 0 Å². The van der Waals surface area contributed by atoms with E-state index in [1.54, 1.807) is 0 Å². The third-order valence-electron chi connectivity index (χ3n) is 4.28. The first-order valence-corrected chi connectivity index (χ1v) is 7.60. The lowest BCUT2D eigenvalue weighted by Gasteiger charge is -2.25. The van der Waals surface area contributed by atoms with Crippen molar-refractivity contribution in [3.8, 4) is 0 Å². The summed E-state index contributed by atoms with van der Waals surface area (Å²) in [5.41, 5.74) is 0.971. The molecule has 0 radical (unpaired) electrons. The maximum Gasteiger partial charge on any atom is 0.317 e. The van der Waals surface area contributed by atoms with Crippen LogP contribution in [0, 0.1) is 0 Å². The van der Waals surface area contributed by atoms with Crippen LogP contribution in [0.1, 0.15) is 57.7 Å². The van der Waals surface area contributed by atoms with Gasteiger partial charge in [-0.05, 0) is 32.3 Å². The molecule has 5 heteroatoms. The van der Waals surface area contributed by atoms with Gasteiger partial charge in [0.2, 0.25) is 0 Å². The number of carbonyl (C=O) groups is 1. The first-order chi connectivity index (χ1) is 9.60. The second kappa shape index (κ2) is 6.88. The number of hydrogen-bond acceptors (Lipinski definition) is 3. The van der Waals surface area contributed by atoms with E-state index < -0.39 is 5.97 Å². The van der Waals surface area contributed by atoms with E-state index in [9.17, 15) is 4.79 Å². The molecular formula is C15H25N3O2.